The molecule has 0 saturated heterocycles. The van der Waals surface area contributed by atoms with Crippen LogP contribution in [0.3, 0.4) is 0 Å². The first-order chi connectivity index (χ1) is 9.00. The van der Waals surface area contributed by atoms with Crippen molar-refractivity contribution < 1.29 is 4.79 Å². The van der Waals surface area contributed by atoms with E-state index in [1.807, 2.05) is 31.2 Å². The molecule has 0 saturated carbocycles. The van der Waals surface area contributed by atoms with Crippen molar-refractivity contribution in [2.24, 2.45) is 5.92 Å². The standard InChI is InChI=1S/C15H23BrN2O/c1-11(2)7-6-10-17-15(19)18-12(3)13-8-4-5-9-14(13)16/h4-5,8-9,11-12H,6-7,10H2,1-3H3,(H2,17,18,19). The first-order valence-corrected chi connectivity index (χ1v) is 7.58. The molecule has 2 amide bonds. The van der Waals surface area contributed by atoms with Crippen LogP contribution in [-0.4, -0.2) is 12.6 Å². The Balaban J connectivity index is 2.34. The quantitative estimate of drug-likeness (QED) is 0.754. The molecule has 1 atom stereocenters. The molecule has 1 aromatic carbocycles. The average Bonchev–Trinajstić information content (AvgIpc) is 2.35. The van der Waals surface area contributed by atoms with Gasteiger partial charge in [-0.15, -0.1) is 0 Å². The molecule has 0 aliphatic rings. The summed E-state index contributed by atoms with van der Waals surface area (Å²) in [7, 11) is 0. The minimum atomic E-state index is -0.105. The van der Waals surface area contributed by atoms with Gasteiger partial charge in [-0.2, -0.15) is 0 Å². The molecule has 0 spiro atoms. The third-order valence-corrected chi connectivity index (χ3v) is 3.69. The number of carbonyl (C=O) groups is 1. The van der Waals surface area contributed by atoms with E-state index in [4.69, 9.17) is 0 Å². The topological polar surface area (TPSA) is 41.1 Å². The molecule has 0 aromatic heterocycles. The summed E-state index contributed by atoms with van der Waals surface area (Å²) >= 11 is 3.49. The van der Waals surface area contributed by atoms with Crippen molar-refractivity contribution >= 4 is 22.0 Å². The molecule has 0 aliphatic carbocycles. The largest absolute Gasteiger partial charge is 0.338 e. The van der Waals surface area contributed by atoms with E-state index in [-0.39, 0.29) is 12.1 Å². The van der Waals surface area contributed by atoms with Crippen LogP contribution in [0.15, 0.2) is 28.7 Å². The van der Waals surface area contributed by atoms with Gasteiger partial charge in [0.1, 0.15) is 0 Å². The molecule has 0 bridgehead atoms. The van der Waals surface area contributed by atoms with Crippen LogP contribution < -0.4 is 10.6 Å². The number of benzene rings is 1. The van der Waals surface area contributed by atoms with Crippen molar-refractivity contribution in [2.75, 3.05) is 6.54 Å². The normalized spacial score (nSPS) is 12.3. The highest BCUT2D eigenvalue weighted by atomic mass is 79.9. The van der Waals surface area contributed by atoms with Gasteiger partial charge in [-0.05, 0) is 37.3 Å². The Morgan fingerprint density at radius 1 is 1.26 bits per heavy atom. The summed E-state index contributed by atoms with van der Waals surface area (Å²) in [6.45, 7) is 7.09. The van der Waals surface area contributed by atoms with Gasteiger partial charge in [0.15, 0.2) is 0 Å². The Hall–Kier alpha value is -1.03. The predicted octanol–water partition coefficient (Wildman–Crippen LogP) is 4.25. The van der Waals surface area contributed by atoms with Crippen LogP contribution in [-0.2, 0) is 0 Å². The molecule has 106 valence electrons. The summed E-state index contributed by atoms with van der Waals surface area (Å²) in [5.74, 6) is 0.684. The molecule has 0 heterocycles. The minimum absolute atomic E-state index is 0.0133. The van der Waals surface area contributed by atoms with E-state index in [1.54, 1.807) is 0 Å². The molecular formula is C15H23BrN2O. The van der Waals surface area contributed by atoms with Gasteiger partial charge < -0.3 is 10.6 Å². The maximum Gasteiger partial charge on any atom is 0.315 e. The highest BCUT2D eigenvalue weighted by molar-refractivity contribution is 9.10. The second-order valence-electron chi connectivity index (χ2n) is 5.18. The lowest BCUT2D eigenvalue weighted by atomic mass is 10.1. The lowest BCUT2D eigenvalue weighted by Gasteiger charge is -2.16. The number of urea groups is 1. The van der Waals surface area contributed by atoms with Gasteiger partial charge in [0.2, 0.25) is 0 Å². The predicted molar refractivity (Wildman–Crippen MR) is 83.2 cm³/mol. The van der Waals surface area contributed by atoms with Gasteiger partial charge in [-0.3, -0.25) is 0 Å². The second kappa shape index (κ2) is 8.20. The van der Waals surface area contributed by atoms with Gasteiger partial charge in [0, 0.05) is 11.0 Å². The van der Waals surface area contributed by atoms with Gasteiger partial charge in [0.25, 0.3) is 0 Å². The van der Waals surface area contributed by atoms with Crippen LogP contribution in [0.5, 0.6) is 0 Å². The maximum atomic E-state index is 11.7. The average molecular weight is 327 g/mol. The van der Waals surface area contributed by atoms with Crippen LogP contribution in [0.1, 0.15) is 45.2 Å². The fraction of sp³-hybridized carbons (Fsp3) is 0.533. The van der Waals surface area contributed by atoms with Crippen LogP contribution in [0.2, 0.25) is 0 Å². The number of hydrogen-bond acceptors (Lipinski definition) is 1. The molecule has 19 heavy (non-hydrogen) atoms. The molecule has 3 nitrogen and oxygen atoms in total. The minimum Gasteiger partial charge on any atom is -0.338 e. The molecule has 0 radical (unpaired) electrons. The van der Waals surface area contributed by atoms with E-state index in [0.717, 1.165) is 29.4 Å². The SMILES string of the molecule is CC(C)CCCNC(=O)NC(C)c1ccccc1Br. The van der Waals surface area contributed by atoms with E-state index >= 15 is 0 Å². The van der Waals surface area contributed by atoms with Gasteiger partial charge in [-0.1, -0.05) is 48.0 Å². The fourth-order valence-corrected chi connectivity index (χ4v) is 2.49. The van der Waals surface area contributed by atoms with E-state index in [0.29, 0.717) is 5.92 Å². The lowest BCUT2D eigenvalue weighted by molar-refractivity contribution is 0.237. The van der Waals surface area contributed by atoms with Crippen molar-refractivity contribution in [2.45, 2.75) is 39.7 Å². The van der Waals surface area contributed by atoms with Crippen molar-refractivity contribution in [1.29, 1.82) is 0 Å². The van der Waals surface area contributed by atoms with Crippen molar-refractivity contribution in [1.82, 2.24) is 10.6 Å². The summed E-state index contributed by atoms with van der Waals surface area (Å²) < 4.78 is 1.02. The number of hydrogen-bond donors (Lipinski definition) is 2. The number of nitrogens with one attached hydrogen (secondary N) is 2. The molecule has 1 aromatic rings. The molecule has 2 N–H and O–H groups in total. The first-order valence-electron chi connectivity index (χ1n) is 6.79. The molecule has 0 fully saturated rings. The van der Waals surface area contributed by atoms with Crippen LogP contribution in [0.25, 0.3) is 0 Å². The first kappa shape index (κ1) is 16.0. The summed E-state index contributed by atoms with van der Waals surface area (Å²) in [4.78, 5) is 11.7. The number of rotatable bonds is 6. The smallest absolute Gasteiger partial charge is 0.315 e. The molecule has 1 rings (SSSR count). The lowest BCUT2D eigenvalue weighted by Crippen LogP contribution is -2.37. The third kappa shape index (κ3) is 6.10. The van der Waals surface area contributed by atoms with E-state index in [1.165, 1.54) is 0 Å². The zero-order chi connectivity index (χ0) is 14.3. The molecule has 4 heteroatoms. The van der Waals surface area contributed by atoms with Crippen molar-refractivity contribution in [3.05, 3.63) is 34.3 Å². The third-order valence-electron chi connectivity index (χ3n) is 2.96. The summed E-state index contributed by atoms with van der Waals surface area (Å²) in [6, 6.07) is 7.81. The van der Waals surface area contributed by atoms with E-state index in [2.05, 4.69) is 40.4 Å². The van der Waals surface area contributed by atoms with Crippen molar-refractivity contribution in [3.8, 4) is 0 Å². The highest BCUT2D eigenvalue weighted by Gasteiger charge is 2.11. The molecule has 1 unspecified atom stereocenters. The van der Waals surface area contributed by atoms with Gasteiger partial charge in [0.05, 0.1) is 6.04 Å². The van der Waals surface area contributed by atoms with E-state index < -0.39 is 0 Å². The number of amides is 2. The Morgan fingerprint density at radius 2 is 1.95 bits per heavy atom. The molecule has 0 aliphatic heterocycles. The summed E-state index contributed by atoms with van der Waals surface area (Å²) in [6.07, 6.45) is 2.16. The second-order valence-corrected chi connectivity index (χ2v) is 6.03. The van der Waals surface area contributed by atoms with Crippen LogP contribution in [0, 0.1) is 5.92 Å². The highest BCUT2D eigenvalue weighted by Crippen LogP contribution is 2.22. The fourth-order valence-electron chi connectivity index (χ4n) is 1.86. The Labute approximate surface area is 124 Å². The Kier molecular flexibility index (Phi) is 6.92. The van der Waals surface area contributed by atoms with Gasteiger partial charge >= 0.3 is 6.03 Å². The zero-order valence-electron chi connectivity index (χ0n) is 11.9. The Bertz CT molecular complexity index is 407. The number of carbonyl (C=O) groups excluding carboxylic acids is 1. The van der Waals surface area contributed by atoms with Crippen LogP contribution in [0.4, 0.5) is 4.79 Å². The Morgan fingerprint density at radius 3 is 2.58 bits per heavy atom. The van der Waals surface area contributed by atoms with E-state index in [9.17, 15) is 4.79 Å². The number of halogens is 1. The maximum absolute atomic E-state index is 11.7. The van der Waals surface area contributed by atoms with Crippen molar-refractivity contribution in [3.63, 3.8) is 0 Å². The van der Waals surface area contributed by atoms with Gasteiger partial charge in [-0.25, -0.2) is 4.79 Å². The summed E-state index contributed by atoms with van der Waals surface area (Å²) in [5, 5.41) is 5.84. The summed E-state index contributed by atoms with van der Waals surface area (Å²) in [5.41, 5.74) is 1.08. The van der Waals surface area contributed by atoms with Crippen LogP contribution >= 0.6 is 15.9 Å². The monoisotopic (exact) mass is 326 g/mol. The zero-order valence-corrected chi connectivity index (χ0v) is 13.5. The molecular weight excluding hydrogens is 304 g/mol.